The molecule has 1 heterocycles. The van der Waals surface area contributed by atoms with Crippen LogP contribution >= 0.6 is 11.6 Å². The summed E-state index contributed by atoms with van der Waals surface area (Å²) in [6.45, 7) is 3.45. The van der Waals surface area contributed by atoms with Crippen molar-refractivity contribution in [3.8, 4) is 6.07 Å². The lowest BCUT2D eigenvalue weighted by Crippen LogP contribution is -2.59. The monoisotopic (exact) mass is 305 g/mol. The quantitative estimate of drug-likeness (QED) is 0.847. The SMILES string of the molecule is CC(C)C1C(=O)NC(=O)N(c2ccc(C#N)c(Cl)c2)C1=O. The van der Waals surface area contributed by atoms with Crippen LogP contribution < -0.4 is 10.2 Å². The normalized spacial score (nSPS) is 18.7. The third kappa shape index (κ3) is 2.60. The molecule has 1 aliphatic rings. The first-order chi connectivity index (χ1) is 9.86. The Balaban J connectivity index is 2.45. The molecule has 4 amide bonds. The van der Waals surface area contributed by atoms with Crippen LogP contribution in [-0.4, -0.2) is 17.8 Å². The number of urea groups is 1. The Morgan fingerprint density at radius 2 is 2.00 bits per heavy atom. The van der Waals surface area contributed by atoms with Crippen LogP contribution in [0.15, 0.2) is 18.2 Å². The van der Waals surface area contributed by atoms with Crippen molar-refractivity contribution in [2.75, 3.05) is 4.90 Å². The number of barbiturate groups is 1. The lowest BCUT2D eigenvalue weighted by molar-refractivity contribution is -0.136. The number of benzene rings is 1. The van der Waals surface area contributed by atoms with E-state index in [0.29, 0.717) is 0 Å². The van der Waals surface area contributed by atoms with Crippen LogP contribution in [0.25, 0.3) is 0 Å². The number of nitrogens with one attached hydrogen (secondary N) is 1. The van der Waals surface area contributed by atoms with Crippen LogP contribution in [0.2, 0.25) is 5.02 Å². The highest BCUT2D eigenvalue weighted by molar-refractivity contribution is 6.33. The Kier molecular flexibility index (Phi) is 3.96. The van der Waals surface area contributed by atoms with Gasteiger partial charge in [-0.05, 0) is 24.1 Å². The first kappa shape index (κ1) is 15.0. The standard InChI is InChI=1S/C14H12ClN3O3/c1-7(2)11-12(19)17-14(21)18(13(11)20)9-4-3-8(6-16)10(15)5-9/h3-5,7,11H,1-2H3,(H,17,19,21). The number of hydrogen-bond donors (Lipinski definition) is 1. The summed E-state index contributed by atoms with van der Waals surface area (Å²) in [7, 11) is 0. The Labute approximate surface area is 126 Å². The van der Waals surface area contributed by atoms with E-state index in [4.69, 9.17) is 16.9 Å². The minimum atomic E-state index is -0.933. The minimum absolute atomic E-state index is 0.133. The van der Waals surface area contributed by atoms with Gasteiger partial charge in [0.05, 0.1) is 16.3 Å². The number of amides is 4. The van der Waals surface area contributed by atoms with Crippen LogP contribution in [0.3, 0.4) is 0 Å². The summed E-state index contributed by atoms with van der Waals surface area (Å²) in [5, 5.41) is 11.1. The van der Waals surface area contributed by atoms with Gasteiger partial charge < -0.3 is 0 Å². The van der Waals surface area contributed by atoms with Gasteiger partial charge in [0.25, 0.3) is 0 Å². The van der Waals surface area contributed by atoms with E-state index in [9.17, 15) is 14.4 Å². The lowest BCUT2D eigenvalue weighted by atomic mass is 9.92. The fraction of sp³-hybridized carbons (Fsp3) is 0.286. The highest BCUT2D eigenvalue weighted by Crippen LogP contribution is 2.28. The average molecular weight is 306 g/mol. The molecule has 2 rings (SSSR count). The largest absolute Gasteiger partial charge is 0.335 e. The zero-order chi connectivity index (χ0) is 15.7. The molecule has 0 spiro atoms. The van der Waals surface area contributed by atoms with Crippen molar-refractivity contribution >= 4 is 35.1 Å². The predicted molar refractivity (Wildman–Crippen MR) is 75.5 cm³/mol. The minimum Gasteiger partial charge on any atom is -0.277 e. The number of rotatable bonds is 2. The first-order valence-corrected chi connectivity index (χ1v) is 6.63. The fourth-order valence-electron chi connectivity index (χ4n) is 2.16. The van der Waals surface area contributed by atoms with Crippen molar-refractivity contribution in [1.82, 2.24) is 5.32 Å². The van der Waals surface area contributed by atoms with Crippen molar-refractivity contribution in [3.05, 3.63) is 28.8 Å². The van der Waals surface area contributed by atoms with E-state index >= 15 is 0 Å². The van der Waals surface area contributed by atoms with Crippen molar-refractivity contribution < 1.29 is 14.4 Å². The van der Waals surface area contributed by atoms with E-state index in [1.807, 2.05) is 6.07 Å². The van der Waals surface area contributed by atoms with Gasteiger partial charge in [-0.1, -0.05) is 25.4 Å². The van der Waals surface area contributed by atoms with Crippen LogP contribution in [0.5, 0.6) is 0 Å². The van der Waals surface area contributed by atoms with E-state index in [0.717, 1.165) is 4.90 Å². The van der Waals surface area contributed by atoms with E-state index in [2.05, 4.69) is 5.32 Å². The van der Waals surface area contributed by atoms with Gasteiger partial charge in [0, 0.05) is 0 Å². The molecule has 0 aliphatic carbocycles. The molecule has 1 unspecified atom stereocenters. The smallest absolute Gasteiger partial charge is 0.277 e. The van der Waals surface area contributed by atoms with E-state index in [-0.39, 0.29) is 22.2 Å². The maximum atomic E-state index is 12.4. The molecule has 21 heavy (non-hydrogen) atoms. The molecule has 6 nitrogen and oxygen atoms in total. The molecule has 1 N–H and O–H groups in total. The van der Waals surface area contributed by atoms with E-state index in [1.165, 1.54) is 18.2 Å². The highest BCUT2D eigenvalue weighted by Gasteiger charge is 2.42. The molecule has 1 fully saturated rings. The Hall–Kier alpha value is -2.39. The molecule has 1 saturated heterocycles. The van der Waals surface area contributed by atoms with Gasteiger partial charge >= 0.3 is 6.03 Å². The van der Waals surface area contributed by atoms with Gasteiger partial charge in [0.1, 0.15) is 12.0 Å². The second-order valence-corrected chi connectivity index (χ2v) is 5.37. The number of nitrogens with zero attached hydrogens (tertiary/aromatic N) is 2. The zero-order valence-corrected chi connectivity index (χ0v) is 12.1. The topological polar surface area (TPSA) is 90.3 Å². The van der Waals surface area contributed by atoms with Gasteiger partial charge in [0.2, 0.25) is 11.8 Å². The summed E-state index contributed by atoms with van der Waals surface area (Å²) < 4.78 is 0. The highest BCUT2D eigenvalue weighted by atomic mass is 35.5. The van der Waals surface area contributed by atoms with Crippen molar-refractivity contribution in [1.29, 1.82) is 5.26 Å². The molecule has 1 aromatic carbocycles. The molecule has 1 aliphatic heterocycles. The second-order valence-electron chi connectivity index (χ2n) is 4.97. The average Bonchev–Trinajstić information content (AvgIpc) is 2.37. The predicted octanol–water partition coefficient (Wildman–Crippen LogP) is 2.07. The summed E-state index contributed by atoms with van der Waals surface area (Å²) in [5.41, 5.74) is 0.460. The summed E-state index contributed by atoms with van der Waals surface area (Å²) in [4.78, 5) is 36.9. The maximum Gasteiger partial charge on any atom is 0.335 e. The molecule has 0 saturated carbocycles. The third-order valence-electron chi connectivity index (χ3n) is 3.20. The maximum absolute atomic E-state index is 12.4. The van der Waals surface area contributed by atoms with Crippen molar-refractivity contribution in [2.45, 2.75) is 13.8 Å². The first-order valence-electron chi connectivity index (χ1n) is 6.25. The second kappa shape index (κ2) is 5.54. The number of anilines is 1. The molecule has 0 radical (unpaired) electrons. The number of carbonyl (C=O) groups is 3. The number of carbonyl (C=O) groups excluding carboxylic acids is 3. The summed E-state index contributed by atoms with van der Waals surface area (Å²) in [5.74, 6) is -2.38. The summed E-state index contributed by atoms with van der Waals surface area (Å²) >= 11 is 5.91. The van der Waals surface area contributed by atoms with Crippen LogP contribution in [0.1, 0.15) is 19.4 Å². The Morgan fingerprint density at radius 3 is 2.52 bits per heavy atom. The lowest BCUT2D eigenvalue weighted by Gasteiger charge is -2.31. The molecular formula is C14H12ClN3O3. The van der Waals surface area contributed by atoms with Crippen molar-refractivity contribution in [3.63, 3.8) is 0 Å². The van der Waals surface area contributed by atoms with E-state index in [1.54, 1.807) is 13.8 Å². The number of nitriles is 1. The summed E-state index contributed by atoms with van der Waals surface area (Å²) in [6, 6.07) is 5.28. The zero-order valence-electron chi connectivity index (χ0n) is 11.4. The van der Waals surface area contributed by atoms with Crippen molar-refractivity contribution in [2.24, 2.45) is 11.8 Å². The fourth-order valence-corrected chi connectivity index (χ4v) is 2.37. The molecular weight excluding hydrogens is 294 g/mol. The van der Waals surface area contributed by atoms with Gasteiger partial charge in [-0.15, -0.1) is 0 Å². The van der Waals surface area contributed by atoms with Gasteiger partial charge in [-0.3, -0.25) is 14.9 Å². The number of imide groups is 2. The van der Waals surface area contributed by atoms with Crippen LogP contribution in [-0.2, 0) is 9.59 Å². The number of halogens is 1. The molecule has 108 valence electrons. The molecule has 1 aromatic rings. The molecule has 7 heteroatoms. The Morgan fingerprint density at radius 1 is 1.33 bits per heavy atom. The third-order valence-corrected chi connectivity index (χ3v) is 3.51. The van der Waals surface area contributed by atoms with Gasteiger partial charge in [-0.2, -0.15) is 5.26 Å². The van der Waals surface area contributed by atoms with E-state index < -0.39 is 23.8 Å². The summed E-state index contributed by atoms with van der Waals surface area (Å²) in [6.07, 6.45) is 0. The molecule has 1 atom stereocenters. The molecule has 0 bridgehead atoms. The van der Waals surface area contributed by atoms with Crippen LogP contribution in [0.4, 0.5) is 10.5 Å². The Bertz CT molecular complexity index is 679. The molecule has 0 aromatic heterocycles. The van der Waals surface area contributed by atoms with Gasteiger partial charge in [0.15, 0.2) is 0 Å². The number of hydrogen-bond acceptors (Lipinski definition) is 4. The van der Waals surface area contributed by atoms with Crippen LogP contribution in [0, 0.1) is 23.2 Å². The van der Waals surface area contributed by atoms with Gasteiger partial charge in [-0.25, -0.2) is 9.69 Å².